The molecule has 0 aliphatic carbocycles. The van der Waals surface area contributed by atoms with Crippen molar-refractivity contribution < 1.29 is 22.7 Å². The van der Waals surface area contributed by atoms with Crippen molar-refractivity contribution in [1.82, 2.24) is 9.88 Å². The lowest BCUT2D eigenvalue weighted by atomic mass is 9.92. The summed E-state index contributed by atoms with van der Waals surface area (Å²) in [5.41, 5.74) is 3.13. The molecule has 33 heavy (non-hydrogen) atoms. The van der Waals surface area contributed by atoms with E-state index in [9.17, 15) is 18.0 Å². The van der Waals surface area contributed by atoms with Crippen LogP contribution in [0, 0.1) is 17.5 Å². The maximum absolute atomic E-state index is 14.2. The Kier molecular flexibility index (Phi) is 5.20. The van der Waals surface area contributed by atoms with Crippen LogP contribution in [0.15, 0.2) is 60.7 Å². The van der Waals surface area contributed by atoms with Gasteiger partial charge in [-0.2, -0.15) is 0 Å². The minimum atomic E-state index is -0.738. The lowest BCUT2D eigenvalue weighted by Gasteiger charge is -2.36. The Morgan fingerprint density at radius 1 is 1.03 bits per heavy atom. The molecule has 0 spiro atoms. The second-order valence-corrected chi connectivity index (χ2v) is 7.88. The number of nitrogens with zero attached hydrogens (tertiary/aromatic N) is 1. The Morgan fingerprint density at radius 2 is 1.79 bits per heavy atom. The van der Waals surface area contributed by atoms with E-state index in [-0.39, 0.29) is 5.69 Å². The standard InChI is InChI=1S/C25H20F3N3O2/c1-33-17-7-9-21-19(13-17)18-10-11-31(25(32)30-22-12-16(27)6-8-20(22)28)24(23(18)29-21)14-2-4-15(26)5-3-14/h2-9,12-13,24,29H,10-11H2,1H3,(H,30,32). The molecule has 1 aliphatic rings. The number of urea groups is 1. The fraction of sp³-hybridized carbons (Fsp3) is 0.160. The van der Waals surface area contributed by atoms with E-state index in [0.717, 1.165) is 40.4 Å². The molecule has 0 saturated heterocycles. The molecule has 0 saturated carbocycles. The molecule has 0 bridgehead atoms. The number of amides is 2. The number of anilines is 1. The summed E-state index contributed by atoms with van der Waals surface area (Å²) in [7, 11) is 1.60. The molecule has 0 fully saturated rings. The zero-order chi connectivity index (χ0) is 23.1. The van der Waals surface area contributed by atoms with Crippen LogP contribution in [-0.4, -0.2) is 29.6 Å². The Hall–Kier alpha value is -3.94. The van der Waals surface area contributed by atoms with Crippen molar-refractivity contribution in [1.29, 1.82) is 0 Å². The lowest BCUT2D eigenvalue weighted by molar-refractivity contribution is 0.193. The number of rotatable bonds is 3. The van der Waals surface area contributed by atoms with E-state index < -0.39 is 29.5 Å². The predicted molar refractivity (Wildman–Crippen MR) is 119 cm³/mol. The van der Waals surface area contributed by atoms with E-state index in [1.807, 2.05) is 18.2 Å². The van der Waals surface area contributed by atoms with Gasteiger partial charge in [-0.3, -0.25) is 0 Å². The molecule has 0 radical (unpaired) electrons. The van der Waals surface area contributed by atoms with Gasteiger partial charge in [-0.15, -0.1) is 0 Å². The summed E-state index contributed by atoms with van der Waals surface area (Å²) in [6, 6.07) is 13.3. The predicted octanol–water partition coefficient (Wildman–Crippen LogP) is 5.77. The molecule has 1 atom stereocenters. The van der Waals surface area contributed by atoms with Gasteiger partial charge in [0, 0.05) is 29.2 Å². The smallest absolute Gasteiger partial charge is 0.322 e. The van der Waals surface area contributed by atoms with Gasteiger partial charge in [0.15, 0.2) is 0 Å². The van der Waals surface area contributed by atoms with Gasteiger partial charge in [-0.25, -0.2) is 18.0 Å². The van der Waals surface area contributed by atoms with Crippen LogP contribution in [0.5, 0.6) is 5.75 Å². The van der Waals surface area contributed by atoms with Gasteiger partial charge in [-0.05, 0) is 60.0 Å². The Bertz CT molecular complexity index is 1350. The summed E-state index contributed by atoms with van der Waals surface area (Å²) < 4.78 is 46.8. The molecule has 5 nitrogen and oxygen atoms in total. The number of hydrogen-bond donors (Lipinski definition) is 2. The van der Waals surface area contributed by atoms with Gasteiger partial charge >= 0.3 is 6.03 Å². The highest BCUT2D eigenvalue weighted by molar-refractivity contribution is 5.92. The Labute approximate surface area is 187 Å². The minimum absolute atomic E-state index is 0.245. The zero-order valence-corrected chi connectivity index (χ0v) is 17.7. The summed E-state index contributed by atoms with van der Waals surface area (Å²) in [5, 5.41) is 3.46. The highest BCUT2D eigenvalue weighted by Gasteiger charge is 2.35. The van der Waals surface area contributed by atoms with Crippen molar-refractivity contribution in [2.45, 2.75) is 12.5 Å². The molecule has 2 amide bonds. The number of H-pyrrole nitrogens is 1. The first-order chi connectivity index (χ1) is 15.9. The summed E-state index contributed by atoms with van der Waals surface area (Å²) in [6.45, 7) is 0.321. The molecule has 8 heteroatoms. The molecule has 168 valence electrons. The van der Waals surface area contributed by atoms with E-state index >= 15 is 0 Å². The number of hydrogen-bond acceptors (Lipinski definition) is 2. The van der Waals surface area contributed by atoms with Crippen molar-refractivity contribution in [2.75, 3.05) is 19.0 Å². The van der Waals surface area contributed by atoms with Gasteiger partial charge in [0.05, 0.1) is 18.8 Å². The van der Waals surface area contributed by atoms with Gasteiger partial charge in [0.2, 0.25) is 0 Å². The number of aromatic amines is 1. The largest absolute Gasteiger partial charge is 0.497 e. The van der Waals surface area contributed by atoms with Gasteiger partial charge in [-0.1, -0.05) is 12.1 Å². The van der Waals surface area contributed by atoms with Crippen LogP contribution in [-0.2, 0) is 6.42 Å². The highest BCUT2D eigenvalue weighted by Crippen LogP contribution is 2.39. The van der Waals surface area contributed by atoms with E-state index in [1.165, 1.54) is 17.0 Å². The topological polar surface area (TPSA) is 57.4 Å². The summed E-state index contributed by atoms with van der Waals surface area (Å²) in [5.74, 6) is -1.08. The first-order valence-corrected chi connectivity index (χ1v) is 10.4. The van der Waals surface area contributed by atoms with Gasteiger partial charge in [0.1, 0.15) is 23.2 Å². The molecule has 4 aromatic rings. The number of carbonyl (C=O) groups excluding carboxylic acids is 1. The second kappa shape index (κ2) is 8.20. The van der Waals surface area contributed by atoms with E-state index in [0.29, 0.717) is 24.3 Å². The molecule has 1 aliphatic heterocycles. The summed E-state index contributed by atoms with van der Waals surface area (Å²) in [6.07, 6.45) is 0.541. The first-order valence-electron chi connectivity index (χ1n) is 10.4. The number of carbonyl (C=O) groups is 1. The number of fused-ring (bicyclic) bond motifs is 3. The minimum Gasteiger partial charge on any atom is -0.497 e. The molecular weight excluding hydrogens is 431 g/mol. The van der Waals surface area contributed by atoms with Crippen LogP contribution in [0.25, 0.3) is 10.9 Å². The molecule has 2 heterocycles. The number of benzene rings is 3. The number of halogens is 3. The summed E-state index contributed by atoms with van der Waals surface area (Å²) >= 11 is 0. The number of nitrogens with one attached hydrogen (secondary N) is 2. The van der Waals surface area contributed by atoms with Crippen LogP contribution in [0.1, 0.15) is 22.9 Å². The molecule has 1 aromatic heterocycles. The maximum atomic E-state index is 14.2. The van der Waals surface area contributed by atoms with Crippen molar-refractivity contribution in [3.8, 4) is 5.75 Å². The van der Waals surface area contributed by atoms with Crippen molar-refractivity contribution in [2.24, 2.45) is 0 Å². The number of ether oxygens (including phenoxy) is 1. The average molecular weight is 451 g/mol. The third-order valence-electron chi connectivity index (χ3n) is 5.95. The van der Waals surface area contributed by atoms with E-state index in [2.05, 4.69) is 10.3 Å². The highest BCUT2D eigenvalue weighted by atomic mass is 19.1. The first kappa shape index (κ1) is 20.9. The van der Waals surface area contributed by atoms with Crippen LogP contribution >= 0.6 is 0 Å². The second-order valence-electron chi connectivity index (χ2n) is 7.88. The fourth-order valence-corrected chi connectivity index (χ4v) is 4.39. The van der Waals surface area contributed by atoms with Crippen LogP contribution in [0.2, 0.25) is 0 Å². The third kappa shape index (κ3) is 3.77. The summed E-state index contributed by atoms with van der Waals surface area (Å²) in [4.78, 5) is 18.2. The molecule has 3 aromatic carbocycles. The van der Waals surface area contributed by atoms with Crippen molar-refractivity contribution in [3.05, 3.63) is 94.9 Å². The Balaban J connectivity index is 1.59. The fourth-order valence-electron chi connectivity index (χ4n) is 4.39. The van der Waals surface area contributed by atoms with E-state index in [4.69, 9.17) is 4.74 Å². The molecular formula is C25H20F3N3O2. The zero-order valence-electron chi connectivity index (χ0n) is 17.7. The normalized spacial score (nSPS) is 15.4. The molecule has 5 rings (SSSR count). The SMILES string of the molecule is COc1ccc2[nH]c3c(c2c1)CCN(C(=O)Nc1cc(F)ccc1F)C3c1ccc(F)cc1. The average Bonchev–Trinajstić information content (AvgIpc) is 3.19. The third-order valence-corrected chi connectivity index (χ3v) is 5.95. The molecule has 2 N–H and O–H groups in total. The van der Waals surface area contributed by atoms with Crippen molar-refractivity contribution >= 4 is 22.6 Å². The van der Waals surface area contributed by atoms with Crippen LogP contribution < -0.4 is 10.1 Å². The van der Waals surface area contributed by atoms with Gasteiger partial charge in [0.25, 0.3) is 0 Å². The van der Waals surface area contributed by atoms with Crippen LogP contribution in [0.3, 0.4) is 0 Å². The molecule has 1 unspecified atom stereocenters. The number of aromatic nitrogens is 1. The maximum Gasteiger partial charge on any atom is 0.322 e. The lowest BCUT2D eigenvalue weighted by Crippen LogP contribution is -2.43. The van der Waals surface area contributed by atoms with E-state index in [1.54, 1.807) is 19.2 Å². The van der Waals surface area contributed by atoms with Crippen LogP contribution in [0.4, 0.5) is 23.7 Å². The number of methoxy groups -OCH3 is 1. The van der Waals surface area contributed by atoms with Crippen molar-refractivity contribution in [3.63, 3.8) is 0 Å². The quantitative estimate of drug-likeness (QED) is 0.415. The Morgan fingerprint density at radius 3 is 2.55 bits per heavy atom. The van der Waals surface area contributed by atoms with Gasteiger partial charge < -0.3 is 19.9 Å². The monoisotopic (exact) mass is 451 g/mol.